The lowest BCUT2D eigenvalue weighted by atomic mass is 9.54. The molecule has 4 bridgehead atoms. The topological polar surface area (TPSA) is 100 Å². The molecule has 3 aliphatic carbocycles. The molecule has 2 aromatic rings. The molecule has 7 atom stereocenters. The van der Waals surface area contributed by atoms with Gasteiger partial charge in [0, 0.05) is 37.1 Å². The van der Waals surface area contributed by atoms with Crippen LogP contribution in [0.25, 0.3) is 11.0 Å². The van der Waals surface area contributed by atoms with E-state index in [0.29, 0.717) is 42.4 Å². The first-order chi connectivity index (χ1) is 21.2. The predicted molar refractivity (Wildman–Crippen MR) is 171 cm³/mol. The van der Waals surface area contributed by atoms with E-state index in [0.717, 1.165) is 41.6 Å². The SMILES string of the molecule is CN(C)CCO/N=C(\CCC(=O)O)c1nc2ccccc2n(C2CC3CCCC(C2)N3C2CC3CC4CC(C2)C4(C)C3)c1=O. The van der Waals surface area contributed by atoms with Gasteiger partial charge >= 0.3 is 5.97 Å². The van der Waals surface area contributed by atoms with E-state index in [-0.39, 0.29) is 30.1 Å². The largest absolute Gasteiger partial charge is 0.481 e. The maximum Gasteiger partial charge on any atom is 0.303 e. The van der Waals surface area contributed by atoms with Gasteiger partial charge in [0.15, 0.2) is 5.69 Å². The average Bonchev–Trinajstić information content (AvgIpc) is 3.15. The van der Waals surface area contributed by atoms with Crippen molar-refractivity contribution < 1.29 is 14.7 Å². The van der Waals surface area contributed by atoms with Crippen LogP contribution in [0.4, 0.5) is 0 Å². The van der Waals surface area contributed by atoms with Gasteiger partial charge in [0.1, 0.15) is 12.3 Å². The number of carboxylic acid groups (broad SMARTS) is 1. The fourth-order valence-electron chi connectivity index (χ4n) is 10.1. The zero-order valence-corrected chi connectivity index (χ0v) is 26.7. The minimum absolute atomic E-state index is 0.0731. The second-order valence-corrected chi connectivity index (χ2v) is 15.1. The number of likely N-dealkylation sites (N-methyl/N-ethyl adjacent to an activating group) is 1. The Hall–Kier alpha value is -2.78. The van der Waals surface area contributed by atoms with Crippen molar-refractivity contribution >= 4 is 22.7 Å². The highest BCUT2D eigenvalue weighted by Gasteiger charge is 2.60. The molecule has 1 N–H and O–H groups in total. The van der Waals surface area contributed by atoms with Crippen LogP contribution in [0, 0.1) is 23.2 Å². The van der Waals surface area contributed by atoms with Crippen molar-refractivity contribution in [1.82, 2.24) is 19.4 Å². The summed E-state index contributed by atoms with van der Waals surface area (Å²) in [6.07, 6.45) is 12.6. The third-order valence-electron chi connectivity index (χ3n) is 12.2. The zero-order chi connectivity index (χ0) is 30.6. The van der Waals surface area contributed by atoms with Crippen molar-refractivity contribution in [3.8, 4) is 0 Å². The molecule has 7 rings (SSSR count). The molecule has 1 aromatic heterocycles. The highest BCUT2D eigenvalue weighted by molar-refractivity contribution is 6.00. The molecule has 2 saturated heterocycles. The Bertz CT molecular complexity index is 1470. The van der Waals surface area contributed by atoms with E-state index >= 15 is 0 Å². The number of hydrogen-bond acceptors (Lipinski definition) is 7. The Morgan fingerprint density at radius 1 is 1.02 bits per heavy atom. The van der Waals surface area contributed by atoms with Gasteiger partial charge in [-0.3, -0.25) is 14.5 Å². The van der Waals surface area contributed by atoms with Gasteiger partial charge in [0.25, 0.3) is 5.56 Å². The molecule has 9 nitrogen and oxygen atoms in total. The van der Waals surface area contributed by atoms with Crippen LogP contribution >= 0.6 is 0 Å². The van der Waals surface area contributed by atoms with Crippen molar-refractivity contribution in [2.75, 3.05) is 27.2 Å². The standard InChI is InChI=1S/C35H49N5O4/c1-35-21-22-15-23(35)17-24(35)18-27(16-22)39-25-7-6-8-26(39)20-28(19-25)40-31-10-5-4-9-29(31)36-33(34(40)43)30(11-12-32(41)42)37-44-14-13-38(2)3/h4-5,9-10,22-28H,6-8,11-21H2,1-3H3,(H,41,42)/b37-30+. The third-order valence-corrected chi connectivity index (χ3v) is 12.2. The number of para-hydroxylation sites is 2. The second kappa shape index (κ2) is 11.9. The van der Waals surface area contributed by atoms with E-state index in [9.17, 15) is 14.7 Å². The Morgan fingerprint density at radius 2 is 1.77 bits per heavy atom. The van der Waals surface area contributed by atoms with Gasteiger partial charge in [-0.25, -0.2) is 4.98 Å². The van der Waals surface area contributed by atoms with Crippen molar-refractivity contribution in [2.24, 2.45) is 28.3 Å². The van der Waals surface area contributed by atoms with E-state index in [1.54, 1.807) is 0 Å². The lowest BCUT2D eigenvalue weighted by Gasteiger charge is -2.56. The molecule has 5 fully saturated rings. The van der Waals surface area contributed by atoms with E-state index < -0.39 is 5.97 Å². The summed E-state index contributed by atoms with van der Waals surface area (Å²) in [7, 11) is 3.90. The lowest BCUT2D eigenvalue weighted by Crippen LogP contribution is -2.58. The Labute approximate surface area is 260 Å². The number of piperidine rings is 2. The number of benzene rings is 1. The second-order valence-electron chi connectivity index (χ2n) is 15.1. The molecule has 7 unspecified atom stereocenters. The van der Waals surface area contributed by atoms with Crippen LogP contribution < -0.4 is 5.56 Å². The molecule has 9 heteroatoms. The maximum absolute atomic E-state index is 14.4. The number of carbonyl (C=O) groups is 1. The van der Waals surface area contributed by atoms with Gasteiger partial charge in [-0.05, 0) is 107 Å². The van der Waals surface area contributed by atoms with Crippen molar-refractivity contribution in [3.05, 3.63) is 40.3 Å². The molecule has 44 heavy (non-hydrogen) atoms. The highest BCUT2D eigenvalue weighted by Crippen LogP contribution is 2.67. The molecule has 238 valence electrons. The summed E-state index contributed by atoms with van der Waals surface area (Å²) in [4.78, 5) is 41.3. The minimum atomic E-state index is -0.939. The molecular formula is C35H49N5O4. The molecular weight excluding hydrogens is 554 g/mol. The first-order valence-corrected chi connectivity index (χ1v) is 17.1. The first kappa shape index (κ1) is 29.9. The molecule has 3 saturated carbocycles. The summed E-state index contributed by atoms with van der Waals surface area (Å²) in [6, 6.07) is 9.62. The van der Waals surface area contributed by atoms with Crippen LogP contribution in [0.15, 0.2) is 34.2 Å². The van der Waals surface area contributed by atoms with E-state index in [2.05, 4.69) is 17.0 Å². The Balaban J connectivity index is 1.20. The molecule has 0 radical (unpaired) electrons. The predicted octanol–water partition coefficient (Wildman–Crippen LogP) is 5.32. The van der Waals surface area contributed by atoms with Gasteiger partial charge in [-0.15, -0.1) is 0 Å². The minimum Gasteiger partial charge on any atom is -0.481 e. The summed E-state index contributed by atoms with van der Waals surface area (Å²) in [5.41, 5.74) is 2.54. The van der Waals surface area contributed by atoms with Gasteiger partial charge in [0.05, 0.1) is 17.5 Å². The fraction of sp³-hybridized carbons (Fsp3) is 0.714. The van der Waals surface area contributed by atoms with E-state index in [1.807, 2.05) is 47.8 Å². The summed E-state index contributed by atoms with van der Waals surface area (Å²) in [5.74, 6) is 1.82. The Kier molecular flexibility index (Phi) is 8.06. The molecule has 1 aromatic carbocycles. The molecule has 5 aliphatic rings. The van der Waals surface area contributed by atoms with E-state index in [1.165, 1.54) is 51.4 Å². The van der Waals surface area contributed by atoms with Crippen molar-refractivity contribution in [1.29, 1.82) is 0 Å². The first-order valence-electron chi connectivity index (χ1n) is 17.1. The number of fused-ring (bicyclic) bond motifs is 4. The summed E-state index contributed by atoms with van der Waals surface area (Å²) in [6.45, 7) is 3.59. The number of aliphatic carboxylic acids is 1. The van der Waals surface area contributed by atoms with Gasteiger partial charge in [-0.1, -0.05) is 30.6 Å². The maximum atomic E-state index is 14.4. The molecule has 2 aliphatic heterocycles. The van der Waals surface area contributed by atoms with Gasteiger partial charge < -0.3 is 19.4 Å². The van der Waals surface area contributed by atoms with E-state index in [4.69, 9.17) is 9.82 Å². The molecule has 0 amide bonds. The summed E-state index contributed by atoms with van der Waals surface area (Å²) < 4.78 is 1.99. The number of nitrogens with zero attached hydrogens (tertiary/aromatic N) is 5. The van der Waals surface area contributed by atoms with Crippen molar-refractivity contribution in [3.63, 3.8) is 0 Å². The van der Waals surface area contributed by atoms with Crippen LogP contribution in [0.5, 0.6) is 0 Å². The number of aromatic nitrogens is 2. The fourth-order valence-corrected chi connectivity index (χ4v) is 10.1. The summed E-state index contributed by atoms with van der Waals surface area (Å²) in [5, 5.41) is 13.8. The third kappa shape index (κ3) is 5.38. The molecule has 0 spiro atoms. The smallest absolute Gasteiger partial charge is 0.303 e. The van der Waals surface area contributed by atoms with Crippen LogP contribution in [-0.2, 0) is 9.63 Å². The van der Waals surface area contributed by atoms with Crippen molar-refractivity contribution in [2.45, 2.75) is 108 Å². The zero-order valence-electron chi connectivity index (χ0n) is 26.7. The van der Waals surface area contributed by atoms with Gasteiger partial charge in [-0.2, -0.15) is 0 Å². The molecule has 3 heterocycles. The van der Waals surface area contributed by atoms with Crippen LogP contribution in [0.3, 0.4) is 0 Å². The number of oxime groups is 1. The highest BCUT2D eigenvalue weighted by atomic mass is 16.6. The van der Waals surface area contributed by atoms with Gasteiger partial charge in [0.2, 0.25) is 0 Å². The number of carboxylic acids is 1. The summed E-state index contributed by atoms with van der Waals surface area (Å²) >= 11 is 0. The number of rotatable bonds is 10. The number of hydrogen-bond donors (Lipinski definition) is 1. The van der Waals surface area contributed by atoms with Crippen LogP contribution in [0.2, 0.25) is 0 Å². The van der Waals surface area contributed by atoms with Crippen LogP contribution in [-0.4, -0.2) is 81.5 Å². The normalized spacial score (nSPS) is 35.0. The average molecular weight is 604 g/mol. The Morgan fingerprint density at radius 3 is 2.52 bits per heavy atom. The van der Waals surface area contributed by atoms with Crippen LogP contribution in [0.1, 0.15) is 95.7 Å². The lowest BCUT2D eigenvalue weighted by molar-refractivity contribution is -0.136. The monoisotopic (exact) mass is 603 g/mol. The quantitative estimate of drug-likeness (QED) is 0.223.